The van der Waals surface area contributed by atoms with Gasteiger partial charge in [-0.2, -0.15) is 0 Å². The van der Waals surface area contributed by atoms with Crippen LogP contribution in [0.4, 0.5) is 0 Å². The zero-order valence-corrected chi connectivity index (χ0v) is 12.3. The third kappa shape index (κ3) is 3.54. The van der Waals surface area contributed by atoms with Gasteiger partial charge in [-0.3, -0.25) is 0 Å². The molecule has 1 aromatic carbocycles. The number of rotatable bonds is 4. The van der Waals surface area contributed by atoms with Crippen molar-refractivity contribution in [1.29, 1.82) is 0 Å². The van der Waals surface area contributed by atoms with Crippen molar-refractivity contribution in [2.45, 2.75) is 38.0 Å². The molecule has 0 bridgehead atoms. The van der Waals surface area contributed by atoms with Crippen LogP contribution in [0.3, 0.4) is 0 Å². The summed E-state index contributed by atoms with van der Waals surface area (Å²) in [6.45, 7) is 8.51. The van der Waals surface area contributed by atoms with Crippen LogP contribution in [0.5, 0.6) is 0 Å². The topological polar surface area (TPSA) is 72.2 Å². The van der Waals surface area contributed by atoms with Gasteiger partial charge in [-0.05, 0) is 29.5 Å². The lowest BCUT2D eigenvalue weighted by Crippen LogP contribution is -2.30. The maximum Gasteiger partial charge on any atom is 0.240 e. The normalized spacial score (nSPS) is 12.7. The minimum atomic E-state index is -3.47. The van der Waals surface area contributed by atoms with E-state index in [4.69, 9.17) is 5.73 Å². The van der Waals surface area contributed by atoms with Crippen LogP contribution in [0.15, 0.2) is 23.1 Å². The molecule has 1 rings (SSSR count). The van der Waals surface area contributed by atoms with Crippen molar-refractivity contribution in [3.8, 4) is 0 Å². The molecule has 0 radical (unpaired) electrons. The molecule has 5 heteroatoms. The van der Waals surface area contributed by atoms with Crippen LogP contribution in [0.1, 0.15) is 31.9 Å². The lowest BCUT2D eigenvalue weighted by molar-refractivity contribution is 0.575. The fraction of sp³-hybridized carbons (Fsp3) is 0.538. The summed E-state index contributed by atoms with van der Waals surface area (Å²) in [5.74, 6) is 0. The molecule has 102 valence electrons. The molecule has 18 heavy (non-hydrogen) atoms. The van der Waals surface area contributed by atoms with Crippen molar-refractivity contribution in [2.75, 3.05) is 13.1 Å². The third-order valence-electron chi connectivity index (χ3n) is 2.78. The van der Waals surface area contributed by atoms with Gasteiger partial charge in [0, 0.05) is 13.1 Å². The highest BCUT2D eigenvalue weighted by molar-refractivity contribution is 7.89. The van der Waals surface area contributed by atoms with E-state index in [0.717, 1.165) is 11.1 Å². The molecular weight excluding hydrogens is 248 g/mol. The summed E-state index contributed by atoms with van der Waals surface area (Å²) in [6, 6.07) is 5.56. The van der Waals surface area contributed by atoms with Crippen LogP contribution in [0, 0.1) is 6.92 Å². The predicted octanol–water partition coefficient (Wildman–Crippen LogP) is 1.53. The van der Waals surface area contributed by atoms with Crippen LogP contribution in [0.2, 0.25) is 0 Å². The van der Waals surface area contributed by atoms with E-state index in [-0.39, 0.29) is 18.5 Å². The van der Waals surface area contributed by atoms with E-state index in [0.29, 0.717) is 4.90 Å². The van der Waals surface area contributed by atoms with Crippen LogP contribution < -0.4 is 10.5 Å². The maximum atomic E-state index is 12.1. The Bertz CT molecular complexity index is 516. The molecule has 3 N–H and O–H groups in total. The molecule has 0 aromatic heterocycles. The predicted molar refractivity (Wildman–Crippen MR) is 74.1 cm³/mol. The smallest absolute Gasteiger partial charge is 0.240 e. The maximum absolute atomic E-state index is 12.1. The Morgan fingerprint density at radius 3 is 2.39 bits per heavy atom. The Morgan fingerprint density at radius 1 is 1.28 bits per heavy atom. The second-order valence-corrected chi connectivity index (χ2v) is 7.15. The summed E-state index contributed by atoms with van der Waals surface area (Å²) in [7, 11) is -3.47. The zero-order valence-electron chi connectivity index (χ0n) is 11.4. The molecule has 0 spiro atoms. The summed E-state index contributed by atoms with van der Waals surface area (Å²) in [5.41, 5.74) is 6.99. The summed E-state index contributed by atoms with van der Waals surface area (Å²) < 4.78 is 26.7. The summed E-state index contributed by atoms with van der Waals surface area (Å²) in [4.78, 5) is 0.336. The van der Waals surface area contributed by atoms with Gasteiger partial charge in [0.1, 0.15) is 0 Å². The number of hydrogen-bond acceptors (Lipinski definition) is 3. The third-order valence-corrected chi connectivity index (χ3v) is 4.38. The highest BCUT2D eigenvalue weighted by Crippen LogP contribution is 2.26. The van der Waals surface area contributed by atoms with Gasteiger partial charge in [0.2, 0.25) is 10.0 Å². The molecule has 1 aromatic rings. The second-order valence-electron chi connectivity index (χ2n) is 5.42. The first-order chi connectivity index (χ1) is 8.18. The minimum Gasteiger partial charge on any atom is -0.329 e. The zero-order chi connectivity index (χ0) is 14.0. The quantitative estimate of drug-likeness (QED) is 0.871. The monoisotopic (exact) mass is 270 g/mol. The number of benzene rings is 1. The molecule has 0 saturated heterocycles. The van der Waals surface area contributed by atoms with Crippen molar-refractivity contribution in [3.05, 3.63) is 29.3 Å². The van der Waals surface area contributed by atoms with Crippen LogP contribution in [0.25, 0.3) is 0 Å². The lowest BCUT2D eigenvalue weighted by Gasteiger charge is -2.20. The highest BCUT2D eigenvalue weighted by Gasteiger charge is 2.20. The summed E-state index contributed by atoms with van der Waals surface area (Å²) >= 11 is 0. The van der Waals surface area contributed by atoms with Gasteiger partial charge >= 0.3 is 0 Å². The molecule has 0 atom stereocenters. The van der Waals surface area contributed by atoms with Crippen molar-refractivity contribution < 1.29 is 8.42 Å². The summed E-state index contributed by atoms with van der Waals surface area (Å²) in [5, 5.41) is 0. The van der Waals surface area contributed by atoms with Gasteiger partial charge in [-0.25, -0.2) is 13.1 Å². The van der Waals surface area contributed by atoms with Gasteiger partial charge in [0.15, 0.2) is 0 Å². The molecule has 0 aliphatic carbocycles. The Balaban J connectivity index is 3.24. The van der Waals surface area contributed by atoms with Crippen molar-refractivity contribution in [2.24, 2.45) is 5.73 Å². The van der Waals surface area contributed by atoms with Crippen LogP contribution in [-0.4, -0.2) is 21.5 Å². The molecule has 0 amide bonds. The number of nitrogens with two attached hydrogens (primary N) is 1. The number of hydrogen-bond donors (Lipinski definition) is 2. The van der Waals surface area contributed by atoms with E-state index < -0.39 is 10.0 Å². The first kappa shape index (κ1) is 15.1. The first-order valence-corrected chi connectivity index (χ1v) is 7.47. The highest BCUT2D eigenvalue weighted by atomic mass is 32.2. The lowest BCUT2D eigenvalue weighted by atomic mass is 9.87. The van der Waals surface area contributed by atoms with E-state index in [2.05, 4.69) is 25.5 Å². The second kappa shape index (κ2) is 5.38. The van der Waals surface area contributed by atoms with E-state index in [1.807, 2.05) is 12.1 Å². The van der Waals surface area contributed by atoms with E-state index in [1.54, 1.807) is 13.0 Å². The van der Waals surface area contributed by atoms with Crippen molar-refractivity contribution >= 4 is 10.0 Å². The SMILES string of the molecule is Cc1ccc(C(C)(C)C)cc1S(=O)(=O)NCCN. The van der Waals surface area contributed by atoms with Gasteiger partial charge in [-0.15, -0.1) is 0 Å². The number of aryl methyl sites for hydroxylation is 1. The van der Waals surface area contributed by atoms with Crippen molar-refractivity contribution in [3.63, 3.8) is 0 Å². The molecule has 4 nitrogen and oxygen atoms in total. The standard InChI is InChI=1S/C13H22N2O2S/c1-10-5-6-11(13(2,3)4)9-12(10)18(16,17)15-8-7-14/h5-6,9,15H,7-8,14H2,1-4H3. The van der Waals surface area contributed by atoms with Crippen LogP contribution in [-0.2, 0) is 15.4 Å². The molecule has 0 saturated carbocycles. The Morgan fingerprint density at radius 2 is 1.89 bits per heavy atom. The van der Waals surface area contributed by atoms with E-state index >= 15 is 0 Å². The van der Waals surface area contributed by atoms with Gasteiger partial charge in [0.25, 0.3) is 0 Å². The van der Waals surface area contributed by atoms with Gasteiger partial charge in [0.05, 0.1) is 4.90 Å². The largest absolute Gasteiger partial charge is 0.329 e. The van der Waals surface area contributed by atoms with Crippen LogP contribution >= 0.6 is 0 Å². The van der Waals surface area contributed by atoms with Gasteiger partial charge < -0.3 is 5.73 Å². The van der Waals surface area contributed by atoms with E-state index in [1.165, 1.54) is 0 Å². The minimum absolute atomic E-state index is 0.0775. The Kier molecular flexibility index (Phi) is 4.53. The number of nitrogens with one attached hydrogen (secondary N) is 1. The molecule has 0 aliphatic heterocycles. The first-order valence-electron chi connectivity index (χ1n) is 5.99. The van der Waals surface area contributed by atoms with Gasteiger partial charge in [-0.1, -0.05) is 32.9 Å². The average Bonchev–Trinajstić information content (AvgIpc) is 2.25. The Hall–Kier alpha value is -0.910. The van der Waals surface area contributed by atoms with E-state index in [9.17, 15) is 8.42 Å². The summed E-state index contributed by atoms with van der Waals surface area (Å²) in [6.07, 6.45) is 0. The fourth-order valence-electron chi connectivity index (χ4n) is 1.63. The van der Waals surface area contributed by atoms with Crippen molar-refractivity contribution in [1.82, 2.24) is 4.72 Å². The molecule has 0 unspecified atom stereocenters. The molecular formula is C13H22N2O2S. The molecule has 0 fully saturated rings. The number of sulfonamides is 1. The molecule has 0 aliphatic rings. The fourth-order valence-corrected chi connectivity index (χ4v) is 2.94. The average molecular weight is 270 g/mol. The molecule has 0 heterocycles. The Labute approximate surface area is 110 Å².